The van der Waals surface area contributed by atoms with Gasteiger partial charge in [-0.2, -0.15) is 4.31 Å². The zero-order valence-corrected chi connectivity index (χ0v) is 18.9. The van der Waals surface area contributed by atoms with Gasteiger partial charge >= 0.3 is 0 Å². The number of sulfonamides is 1. The number of benzene rings is 1. The van der Waals surface area contributed by atoms with Crippen molar-refractivity contribution in [3.8, 4) is 0 Å². The number of nitrogens with zero attached hydrogens (tertiary/aromatic N) is 3. The third-order valence-corrected chi connectivity index (χ3v) is 9.43. The first kappa shape index (κ1) is 20.8. The highest BCUT2D eigenvalue weighted by molar-refractivity contribution is 7.89. The van der Waals surface area contributed by atoms with E-state index >= 15 is 0 Å². The molecule has 0 saturated carbocycles. The summed E-state index contributed by atoms with van der Waals surface area (Å²) in [5, 5.41) is 0. The van der Waals surface area contributed by atoms with Crippen molar-refractivity contribution < 1.29 is 13.2 Å². The highest BCUT2D eigenvalue weighted by atomic mass is 32.2. The van der Waals surface area contributed by atoms with Gasteiger partial charge in [-0.1, -0.05) is 13.8 Å². The van der Waals surface area contributed by atoms with Gasteiger partial charge in [-0.05, 0) is 68.7 Å². The summed E-state index contributed by atoms with van der Waals surface area (Å²) in [7, 11) is -3.43. The fraction of sp³-hybridized carbons (Fsp3) is 0.682. The molecule has 3 aliphatic rings. The molecule has 6 nitrogen and oxygen atoms in total. The van der Waals surface area contributed by atoms with E-state index in [1.165, 1.54) is 0 Å². The van der Waals surface area contributed by atoms with Gasteiger partial charge in [0.15, 0.2) is 0 Å². The molecule has 1 aromatic carbocycles. The van der Waals surface area contributed by atoms with Crippen LogP contribution in [0.2, 0.25) is 0 Å². The highest BCUT2D eigenvalue weighted by Crippen LogP contribution is 2.46. The summed E-state index contributed by atoms with van der Waals surface area (Å²) in [6.45, 7) is 12.1. The molecule has 4 rings (SSSR count). The first-order valence-electron chi connectivity index (χ1n) is 10.7. The van der Waals surface area contributed by atoms with Gasteiger partial charge in [-0.3, -0.25) is 9.69 Å². The first-order valence-corrected chi connectivity index (χ1v) is 12.2. The average Bonchev–Trinajstić information content (AvgIpc) is 3.22. The molecule has 29 heavy (non-hydrogen) atoms. The summed E-state index contributed by atoms with van der Waals surface area (Å²) in [6.07, 6.45) is 3.53. The van der Waals surface area contributed by atoms with Crippen molar-refractivity contribution in [3.63, 3.8) is 0 Å². The van der Waals surface area contributed by atoms with E-state index in [-0.39, 0.29) is 16.9 Å². The molecular weight excluding hydrogens is 386 g/mol. The van der Waals surface area contributed by atoms with Crippen LogP contribution in [0.3, 0.4) is 0 Å². The maximum atomic E-state index is 13.1. The van der Waals surface area contributed by atoms with E-state index in [4.69, 9.17) is 0 Å². The minimum atomic E-state index is -3.43. The number of amides is 1. The molecular formula is C22H33N3O3S. The number of aryl methyl sites for hydroxylation is 1. The molecule has 0 aromatic heterocycles. The van der Waals surface area contributed by atoms with Crippen molar-refractivity contribution in [2.24, 2.45) is 5.41 Å². The summed E-state index contributed by atoms with van der Waals surface area (Å²) in [6, 6.07) is 5.30. The third kappa shape index (κ3) is 3.41. The SMILES string of the molecule is CC1(C)CN(CC(=O)N2CCCc3cc(S(=O)(=O)N4CCCC4)ccc32)C1(C)C. The molecule has 160 valence electrons. The van der Waals surface area contributed by atoms with Crippen molar-refractivity contribution in [1.29, 1.82) is 0 Å². The van der Waals surface area contributed by atoms with Gasteiger partial charge in [-0.15, -0.1) is 0 Å². The topological polar surface area (TPSA) is 60.9 Å². The van der Waals surface area contributed by atoms with Crippen LogP contribution in [0.5, 0.6) is 0 Å². The first-order chi connectivity index (χ1) is 13.5. The Kier molecular flexibility index (Phi) is 5.07. The number of carbonyl (C=O) groups excluding carboxylic acids is 1. The molecule has 3 heterocycles. The van der Waals surface area contributed by atoms with Gasteiger partial charge in [0.25, 0.3) is 0 Å². The second kappa shape index (κ2) is 7.06. The van der Waals surface area contributed by atoms with Gasteiger partial charge in [0.1, 0.15) is 0 Å². The van der Waals surface area contributed by atoms with Gasteiger partial charge in [0.05, 0.1) is 11.4 Å². The Morgan fingerprint density at radius 3 is 2.34 bits per heavy atom. The van der Waals surface area contributed by atoms with E-state index in [0.717, 1.165) is 43.5 Å². The predicted molar refractivity (Wildman–Crippen MR) is 115 cm³/mol. The summed E-state index contributed by atoms with van der Waals surface area (Å²) < 4.78 is 27.4. The van der Waals surface area contributed by atoms with Crippen LogP contribution in [-0.2, 0) is 21.2 Å². The van der Waals surface area contributed by atoms with Crippen LogP contribution in [-0.4, -0.2) is 61.8 Å². The summed E-state index contributed by atoms with van der Waals surface area (Å²) in [5.74, 6) is 0.102. The van der Waals surface area contributed by atoms with E-state index < -0.39 is 10.0 Å². The van der Waals surface area contributed by atoms with Crippen LogP contribution < -0.4 is 4.90 Å². The van der Waals surface area contributed by atoms with Gasteiger partial charge in [0, 0.05) is 37.4 Å². The zero-order valence-electron chi connectivity index (χ0n) is 18.1. The van der Waals surface area contributed by atoms with Crippen LogP contribution in [0.25, 0.3) is 0 Å². The van der Waals surface area contributed by atoms with Crippen molar-refractivity contribution in [3.05, 3.63) is 23.8 Å². The number of hydrogen-bond donors (Lipinski definition) is 0. The lowest BCUT2D eigenvalue weighted by Gasteiger charge is -2.61. The number of rotatable bonds is 4. The van der Waals surface area contributed by atoms with E-state index in [9.17, 15) is 13.2 Å². The monoisotopic (exact) mass is 419 g/mol. The summed E-state index contributed by atoms with van der Waals surface area (Å²) in [5.41, 5.74) is 2.04. The normalized spacial score (nSPS) is 24.2. The molecule has 0 N–H and O–H groups in total. The van der Waals surface area contributed by atoms with Crippen LogP contribution in [0, 0.1) is 5.41 Å². The Labute approximate surface area is 174 Å². The van der Waals surface area contributed by atoms with Crippen LogP contribution in [0.15, 0.2) is 23.1 Å². The number of hydrogen-bond acceptors (Lipinski definition) is 4. The van der Waals surface area contributed by atoms with Gasteiger partial charge < -0.3 is 4.90 Å². The molecule has 0 aliphatic carbocycles. The zero-order chi connectivity index (χ0) is 21.0. The van der Waals surface area contributed by atoms with E-state index in [1.807, 2.05) is 11.0 Å². The number of fused-ring (bicyclic) bond motifs is 1. The molecule has 0 unspecified atom stereocenters. The van der Waals surface area contributed by atoms with Crippen molar-refractivity contribution in [2.45, 2.75) is 63.8 Å². The Hall–Kier alpha value is -1.44. The third-order valence-electron chi connectivity index (χ3n) is 7.53. The number of likely N-dealkylation sites (tertiary alicyclic amines) is 1. The summed E-state index contributed by atoms with van der Waals surface area (Å²) >= 11 is 0. The number of carbonyl (C=O) groups is 1. The molecule has 1 amide bonds. The summed E-state index contributed by atoms with van der Waals surface area (Å²) in [4.78, 5) is 17.6. The number of anilines is 1. The van der Waals surface area contributed by atoms with Crippen molar-refractivity contribution in [2.75, 3.05) is 37.6 Å². The molecule has 2 saturated heterocycles. The Bertz CT molecular complexity index is 917. The lowest BCUT2D eigenvalue weighted by molar-refractivity contribution is -0.140. The standard InChI is InChI=1S/C22H33N3O3S/c1-21(2)16-23(22(21,3)4)15-20(26)25-13-7-8-17-14-18(9-10-19(17)25)29(27,28)24-11-5-6-12-24/h9-10,14H,5-8,11-13,15-16H2,1-4H3. The Morgan fingerprint density at radius 1 is 1.03 bits per heavy atom. The molecule has 7 heteroatoms. The fourth-order valence-corrected chi connectivity index (χ4v) is 6.35. The smallest absolute Gasteiger partial charge is 0.243 e. The highest BCUT2D eigenvalue weighted by Gasteiger charge is 2.52. The van der Waals surface area contributed by atoms with Crippen LogP contribution in [0.1, 0.15) is 52.5 Å². The van der Waals surface area contributed by atoms with Crippen molar-refractivity contribution >= 4 is 21.6 Å². The largest absolute Gasteiger partial charge is 0.311 e. The predicted octanol–water partition coefficient (Wildman–Crippen LogP) is 2.87. The van der Waals surface area contributed by atoms with Crippen molar-refractivity contribution in [1.82, 2.24) is 9.21 Å². The van der Waals surface area contributed by atoms with E-state index in [2.05, 4.69) is 32.6 Å². The van der Waals surface area contributed by atoms with Gasteiger partial charge in [-0.25, -0.2) is 8.42 Å². The maximum Gasteiger partial charge on any atom is 0.243 e. The minimum Gasteiger partial charge on any atom is -0.311 e. The second-order valence-corrected chi connectivity index (χ2v) is 11.8. The van der Waals surface area contributed by atoms with Gasteiger partial charge in [0.2, 0.25) is 15.9 Å². The Morgan fingerprint density at radius 2 is 1.72 bits per heavy atom. The Balaban J connectivity index is 1.54. The second-order valence-electron chi connectivity index (χ2n) is 9.85. The average molecular weight is 420 g/mol. The fourth-order valence-electron chi connectivity index (χ4n) is 4.78. The quantitative estimate of drug-likeness (QED) is 0.753. The molecule has 0 spiro atoms. The van der Waals surface area contributed by atoms with E-state index in [1.54, 1.807) is 16.4 Å². The molecule has 0 radical (unpaired) electrons. The molecule has 3 aliphatic heterocycles. The lowest BCUT2D eigenvalue weighted by Crippen LogP contribution is -2.70. The molecule has 1 aromatic rings. The minimum absolute atomic E-state index is 0.00502. The molecule has 2 fully saturated rings. The van der Waals surface area contributed by atoms with E-state index in [0.29, 0.717) is 31.1 Å². The molecule has 0 atom stereocenters. The molecule has 0 bridgehead atoms. The van der Waals surface area contributed by atoms with Crippen LogP contribution >= 0.6 is 0 Å². The maximum absolute atomic E-state index is 13.1. The van der Waals surface area contributed by atoms with Crippen LogP contribution in [0.4, 0.5) is 5.69 Å². The lowest BCUT2D eigenvalue weighted by atomic mass is 9.65.